The lowest BCUT2D eigenvalue weighted by Crippen LogP contribution is -2.22. The van der Waals surface area contributed by atoms with Gasteiger partial charge in [-0.2, -0.15) is 0 Å². The van der Waals surface area contributed by atoms with Crippen molar-refractivity contribution in [1.29, 1.82) is 0 Å². The van der Waals surface area contributed by atoms with E-state index in [-0.39, 0.29) is 6.42 Å². The summed E-state index contributed by atoms with van der Waals surface area (Å²) in [7, 11) is 0. The molecule has 0 radical (unpaired) electrons. The maximum atomic E-state index is 10.3. The predicted octanol–water partition coefficient (Wildman–Crippen LogP) is 1.77. The van der Waals surface area contributed by atoms with Crippen molar-refractivity contribution < 1.29 is 30.3 Å². The molecule has 0 aromatic carbocycles. The zero-order chi connectivity index (χ0) is 18.4. The highest BCUT2D eigenvalue weighted by Gasteiger charge is 2.10. The van der Waals surface area contributed by atoms with Crippen LogP contribution in [-0.2, 0) is 4.79 Å². The van der Waals surface area contributed by atoms with Gasteiger partial charge < -0.3 is 25.5 Å². The van der Waals surface area contributed by atoms with Gasteiger partial charge in [0.25, 0.3) is 0 Å². The Morgan fingerprint density at radius 1 is 0.792 bits per heavy atom. The first-order valence-corrected chi connectivity index (χ1v) is 8.67. The van der Waals surface area contributed by atoms with Crippen LogP contribution in [-0.4, -0.2) is 55.9 Å². The van der Waals surface area contributed by atoms with Gasteiger partial charge in [-0.05, 0) is 19.3 Å². The van der Waals surface area contributed by atoms with E-state index in [4.69, 9.17) is 5.11 Å². The van der Waals surface area contributed by atoms with Crippen molar-refractivity contribution in [2.24, 2.45) is 0 Å². The molecule has 0 aliphatic heterocycles. The minimum Gasteiger partial charge on any atom is -0.481 e. The highest BCUT2D eigenvalue weighted by atomic mass is 16.4. The molecule has 0 bridgehead atoms. The molecule has 0 aliphatic rings. The number of aliphatic carboxylic acids is 1. The molecule has 4 atom stereocenters. The largest absolute Gasteiger partial charge is 0.481 e. The molecule has 24 heavy (non-hydrogen) atoms. The van der Waals surface area contributed by atoms with Crippen molar-refractivity contribution in [3.05, 3.63) is 24.3 Å². The van der Waals surface area contributed by atoms with Crippen LogP contribution in [0.4, 0.5) is 0 Å². The van der Waals surface area contributed by atoms with Crippen LogP contribution in [0.1, 0.15) is 58.3 Å². The van der Waals surface area contributed by atoms with Crippen LogP contribution >= 0.6 is 0 Å². The third kappa shape index (κ3) is 13.2. The predicted molar refractivity (Wildman–Crippen MR) is 92.6 cm³/mol. The molecule has 0 aromatic rings. The molecule has 0 saturated carbocycles. The van der Waals surface area contributed by atoms with E-state index >= 15 is 0 Å². The van der Waals surface area contributed by atoms with Crippen LogP contribution in [0, 0.1) is 0 Å². The van der Waals surface area contributed by atoms with Crippen LogP contribution in [0.3, 0.4) is 0 Å². The molecule has 0 rings (SSSR count). The zero-order valence-corrected chi connectivity index (χ0v) is 14.4. The molecule has 0 heterocycles. The van der Waals surface area contributed by atoms with Crippen LogP contribution in [0.15, 0.2) is 24.3 Å². The second-order valence-corrected chi connectivity index (χ2v) is 5.99. The van der Waals surface area contributed by atoms with Gasteiger partial charge in [-0.25, -0.2) is 0 Å². The van der Waals surface area contributed by atoms with Gasteiger partial charge in [0.2, 0.25) is 0 Å². The fourth-order valence-corrected chi connectivity index (χ4v) is 2.10. The average Bonchev–Trinajstić information content (AvgIpc) is 2.55. The number of hydrogen-bond acceptors (Lipinski definition) is 5. The molecule has 0 aliphatic carbocycles. The van der Waals surface area contributed by atoms with Crippen LogP contribution in [0.25, 0.3) is 0 Å². The third-order valence-electron chi connectivity index (χ3n) is 3.72. The number of carboxylic acid groups (broad SMARTS) is 1. The molecule has 5 N–H and O–H groups in total. The van der Waals surface area contributed by atoms with E-state index in [0.29, 0.717) is 19.3 Å². The topological polar surface area (TPSA) is 118 Å². The maximum absolute atomic E-state index is 10.3. The van der Waals surface area contributed by atoms with E-state index in [1.807, 2.05) is 0 Å². The van der Waals surface area contributed by atoms with Crippen LogP contribution in [0.2, 0.25) is 0 Å². The number of rotatable bonds is 14. The summed E-state index contributed by atoms with van der Waals surface area (Å²) in [5.74, 6) is -0.768. The Balaban J connectivity index is 3.84. The van der Waals surface area contributed by atoms with Crippen molar-refractivity contribution in [2.45, 2.75) is 82.7 Å². The number of aliphatic hydroxyl groups is 4. The summed E-state index contributed by atoms with van der Waals surface area (Å²) in [5.41, 5.74) is 0. The molecule has 140 valence electrons. The summed E-state index contributed by atoms with van der Waals surface area (Å²) in [4.78, 5) is 10.3. The van der Waals surface area contributed by atoms with E-state index in [1.165, 1.54) is 24.3 Å². The van der Waals surface area contributed by atoms with Crippen molar-refractivity contribution in [3.63, 3.8) is 0 Å². The van der Waals surface area contributed by atoms with Crippen molar-refractivity contribution in [1.82, 2.24) is 0 Å². The number of carboxylic acids is 1. The maximum Gasteiger partial charge on any atom is 0.303 e. The Morgan fingerprint density at radius 2 is 1.29 bits per heavy atom. The number of carbonyl (C=O) groups is 1. The molecule has 6 nitrogen and oxygen atoms in total. The quantitative estimate of drug-likeness (QED) is 0.242. The van der Waals surface area contributed by atoms with Gasteiger partial charge in [-0.3, -0.25) is 4.79 Å². The molecular formula is C18H32O6. The summed E-state index contributed by atoms with van der Waals surface area (Å²) < 4.78 is 0. The first-order valence-electron chi connectivity index (χ1n) is 8.67. The monoisotopic (exact) mass is 344 g/mol. The van der Waals surface area contributed by atoms with Crippen molar-refractivity contribution >= 4 is 5.97 Å². The SMILES string of the molecule is CC[C@H](O)C=C[C@H](O)[C@@H](O)C=C[C@@H](O)CCCCCCCC(=O)O. The Hall–Kier alpha value is -1.21. The first kappa shape index (κ1) is 22.8. The van der Waals surface area contributed by atoms with Gasteiger partial charge in [0, 0.05) is 6.42 Å². The highest BCUT2D eigenvalue weighted by molar-refractivity contribution is 5.66. The van der Waals surface area contributed by atoms with Gasteiger partial charge in [-0.15, -0.1) is 0 Å². The summed E-state index contributed by atoms with van der Waals surface area (Å²) >= 11 is 0. The second-order valence-electron chi connectivity index (χ2n) is 5.99. The lowest BCUT2D eigenvalue weighted by Gasteiger charge is -2.12. The van der Waals surface area contributed by atoms with E-state index in [0.717, 1.165) is 25.7 Å². The molecule has 0 amide bonds. The Kier molecular flexibility index (Phi) is 13.4. The second kappa shape index (κ2) is 14.2. The first-order chi connectivity index (χ1) is 11.4. The highest BCUT2D eigenvalue weighted by Crippen LogP contribution is 2.10. The fraction of sp³-hybridized carbons (Fsp3) is 0.722. The molecule has 0 spiro atoms. The molecule has 0 saturated heterocycles. The van der Waals surface area contributed by atoms with E-state index in [2.05, 4.69) is 0 Å². The number of unbranched alkanes of at least 4 members (excludes halogenated alkanes) is 4. The van der Waals surface area contributed by atoms with Crippen LogP contribution < -0.4 is 0 Å². The summed E-state index contributed by atoms with van der Waals surface area (Å²) in [6, 6.07) is 0. The van der Waals surface area contributed by atoms with Gasteiger partial charge >= 0.3 is 5.97 Å². The molecule has 0 fully saturated rings. The zero-order valence-electron chi connectivity index (χ0n) is 14.4. The normalized spacial score (nSPS) is 17.2. The smallest absolute Gasteiger partial charge is 0.303 e. The minimum absolute atomic E-state index is 0.204. The number of aliphatic hydroxyl groups excluding tert-OH is 4. The van der Waals surface area contributed by atoms with Gasteiger partial charge in [-0.1, -0.05) is 56.9 Å². The molecule has 6 heteroatoms. The summed E-state index contributed by atoms with van der Waals surface area (Å²) in [6.45, 7) is 1.81. The fourth-order valence-electron chi connectivity index (χ4n) is 2.10. The minimum atomic E-state index is -1.13. The van der Waals surface area contributed by atoms with Gasteiger partial charge in [0.1, 0.15) is 12.2 Å². The molecular weight excluding hydrogens is 312 g/mol. The van der Waals surface area contributed by atoms with Crippen molar-refractivity contribution in [3.8, 4) is 0 Å². The number of hydrogen-bond donors (Lipinski definition) is 5. The van der Waals surface area contributed by atoms with Crippen molar-refractivity contribution in [2.75, 3.05) is 0 Å². The lowest BCUT2D eigenvalue weighted by atomic mass is 10.1. The summed E-state index contributed by atoms with van der Waals surface area (Å²) in [6.07, 6.45) is 7.54. The van der Waals surface area contributed by atoms with E-state index in [9.17, 15) is 25.2 Å². The summed E-state index contributed by atoms with van der Waals surface area (Å²) in [5, 5.41) is 47.1. The molecule has 0 aromatic heterocycles. The van der Waals surface area contributed by atoms with Crippen LogP contribution in [0.5, 0.6) is 0 Å². The average molecular weight is 344 g/mol. The van der Waals surface area contributed by atoms with Gasteiger partial charge in [0.05, 0.1) is 12.2 Å². The Labute approximate surface area is 144 Å². The Morgan fingerprint density at radius 3 is 1.83 bits per heavy atom. The lowest BCUT2D eigenvalue weighted by molar-refractivity contribution is -0.137. The third-order valence-corrected chi connectivity index (χ3v) is 3.72. The molecule has 0 unspecified atom stereocenters. The Bertz CT molecular complexity index is 380. The van der Waals surface area contributed by atoms with Gasteiger partial charge in [0.15, 0.2) is 0 Å². The van der Waals surface area contributed by atoms with E-state index < -0.39 is 30.4 Å². The standard InChI is InChI=1S/C18H32O6/c1-2-14(19)10-12-16(21)17(22)13-11-15(20)8-6-4-3-5-7-9-18(23)24/h10-17,19-22H,2-9H2,1H3,(H,23,24)/t14-,15-,16-,17-/m0/s1. The van der Waals surface area contributed by atoms with E-state index in [1.54, 1.807) is 6.92 Å².